The van der Waals surface area contributed by atoms with Crippen LogP contribution in [0.3, 0.4) is 0 Å². The molecule has 0 bridgehead atoms. The van der Waals surface area contributed by atoms with Gasteiger partial charge in [-0.1, -0.05) is 58.0 Å². The lowest BCUT2D eigenvalue weighted by atomic mass is 10.0. The Morgan fingerprint density at radius 1 is 0.850 bits per heavy atom. The summed E-state index contributed by atoms with van der Waals surface area (Å²) in [4.78, 5) is 11.0. The van der Waals surface area contributed by atoms with Gasteiger partial charge in [0.05, 0.1) is 25.7 Å². The number of carboxylic acid groups (broad SMARTS) is 1. The van der Waals surface area contributed by atoms with E-state index in [1.807, 2.05) is 0 Å². The fourth-order valence-electron chi connectivity index (χ4n) is 1.66. The summed E-state index contributed by atoms with van der Waals surface area (Å²) in [7, 11) is 0. The minimum Gasteiger partial charge on any atom is -0.478 e. The van der Waals surface area contributed by atoms with Crippen molar-refractivity contribution in [3.05, 3.63) is 54.9 Å². The normalized spacial score (nSPS) is 10.7. The number of aromatic carboxylic acids is 1. The molecular weight excluding hydrogens is 365 g/mol. The van der Waals surface area contributed by atoms with E-state index in [1.54, 1.807) is 0 Å². The van der Waals surface area contributed by atoms with Crippen LogP contribution in [0, 0.1) is 0 Å². The summed E-state index contributed by atoms with van der Waals surface area (Å²) in [5.74, 6) is -1.09. The molecule has 2 nitrogen and oxygen atoms in total. The van der Waals surface area contributed by atoms with Crippen LogP contribution in [0.4, 0.5) is 0 Å². The predicted octanol–water partition coefficient (Wildman–Crippen LogP) is 6.32. The molecule has 0 unspecified atom stereocenters. The second-order valence-electron chi connectivity index (χ2n) is 3.84. The highest BCUT2D eigenvalue weighted by Gasteiger charge is 2.19. The third-order valence-corrected chi connectivity index (χ3v) is 4.50. The number of hydrogen-bond acceptors (Lipinski definition) is 1. The molecule has 2 aromatic carbocycles. The van der Waals surface area contributed by atoms with Gasteiger partial charge in [-0.3, -0.25) is 0 Å². The van der Waals surface area contributed by atoms with E-state index in [9.17, 15) is 4.79 Å². The van der Waals surface area contributed by atoms with Gasteiger partial charge >= 0.3 is 5.97 Å². The van der Waals surface area contributed by atoms with Crippen molar-refractivity contribution in [2.24, 2.45) is 0 Å². The highest BCUT2D eigenvalue weighted by Crippen LogP contribution is 2.45. The van der Waals surface area contributed by atoms with Gasteiger partial charge in [-0.15, -0.1) is 0 Å². The molecule has 0 atom stereocenters. The van der Waals surface area contributed by atoms with Gasteiger partial charge in [-0.05, 0) is 24.3 Å². The lowest BCUT2D eigenvalue weighted by Crippen LogP contribution is -1.97. The Kier molecular flexibility index (Phi) is 4.73. The first kappa shape index (κ1) is 15.7. The molecule has 1 N–H and O–H groups in total. The molecule has 0 aromatic heterocycles. The zero-order valence-corrected chi connectivity index (χ0v) is 13.3. The van der Waals surface area contributed by atoms with Crippen molar-refractivity contribution in [1.82, 2.24) is 0 Å². The molecule has 104 valence electrons. The molecule has 0 spiro atoms. The lowest BCUT2D eigenvalue weighted by molar-refractivity contribution is 0.0697. The van der Waals surface area contributed by atoms with E-state index in [0.29, 0.717) is 11.1 Å². The Balaban J connectivity index is 2.81. The summed E-state index contributed by atoms with van der Waals surface area (Å²) in [6, 6.07) is 5.60. The molecule has 0 radical (unpaired) electrons. The first-order chi connectivity index (χ1) is 9.32. The zero-order valence-electron chi connectivity index (χ0n) is 9.55. The van der Waals surface area contributed by atoms with Crippen LogP contribution in [0.15, 0.2) is 24.3 Å². The van der Waals surface area contributed by atoms with Crippen molar-refractivity contribution in [3.8, 4) is 11.1 Å². The van der Waals surface area contributed by atoms with Crippen LogP contribution in [0.5, 0.6) is 0 Å². The predicted molar refractivity (Wildman–Crippen MR) is 83.9 cm³/mol. The average molecular weight is 370 g/mol. The van der Waals surface area contributed by atoms with Crippen LogP contribution in [0.2, 0.25) is 25.1 Å². The molecule has 0 heterocycles. The third-order valence-electron chi connectivity index (χ3n) is 2.59. The van der Waals surface area contributed by atoms with Gasteiger partial charge in [0.1, 0.15) is 0 Å². The minimum atomic E-state index is -1.09. The maximum atomic E-state index is 11.0. The van der Waals surface area contributed by atoms with Gasteiger partial charge in [0.15, 0.2) is 0 Å². The molecule has 20 heavy (non-hydrogen) atoms. The van der Waals surface area contributed by atoms with Gasteiger partial charge in [-0.2, -0.15) is 0 Å². The van der Waals surface area contributed by atoms with Crippen LogP contribution >= 0.6 is 58.0 Å². The van der Waals surface area contributed by atoms with E-state index >= 15 is 0 Å². The van der Waals surface area contributed by atoms with Gasteiger partial charge < -0.3 is 5.11 Å². The Bertz CT molecular complexity index is 686. The van der Waals surface area contributed by atoms with Gasteiger partial charge in [0.2, 0.25) is 0 Å². The summed E-state index contributed by atoms with van der Waals surface area (Å²) in [5.41, 5.74) is 0.706. The number of benzene rings is 2. The number of rotatable bonds is 2. The SMILES string of the molecule is O=C(O)c1ccc(Cl)c(-c2c(Cl)c(Cl)cc(Cl)c2Cl)c1. The van der Waals surface area contributed by atoms with Gasteiger partial charge in [0, 0.05) is 16.1 Å². The third kappa shape index (κ3) is 2.85. The Hall–Kier alpha value is -0.640. The number of halogens is 5. The van der Waals surface area contributed by atoms with Crippen molar-refractivity contribution >= 4 is 64.0 Å². The van der Waals surface area contributed by atoms with Crippen molar-refractivity contribution in [2.45, 2.75) is 0 Å². The largest absolute Gasteiger partial charge is 0.478 e. The van der Waals surface area contributed by atoms with E-state index < -0.39 is 5.97 Å². The van der Waals surface area contributed by atoms with E-state index in [1.165, 1.54) is 24.3 Å². The molecule has 0 aliphatic carbocycles. The molecule has 0 saturated carbocycles. The first-order valence-corrected chi connectivity index (χ1v) is 7.08. The molecule has 0 fully saturated rings. The summed E-state index contributed by atoms with van der Waals surface area (Å²) < 4.78 is 0. The molecule has 0 aliphatic rings. The van der Waals surface area contributed by atoms with Crippen LogP contribution in [0.25, 0.3) is 11.1 Å². The summed E-state index contributed by atoms with van der Waals surface area (Å²) >= 11 is 30.3. The van der Waals surface area contributed by atoms with Crippen LogP contribution < -0.4 is 0 Å². The van der Waals surface area contributed by atoms with Crippen LogP contribution in [0.1, 0.15) is 10.4 Å². The van der Waals surface area contributed by atoms with Crippen LogP contribution in [-0.4, -0.2) is 11.1 Å². The van der Waals surface area contributed by atoms with Crippen molar-refractivity contribution in [2.75, 3.05) is 0 Å². The summed E-state index contributed by atoms with van der Waals surface area (Å²) in [5, 5.41) is 10.0. The standard InChI is InChI=1S/C13H5Cl5O2/c14-7-2-1-5(13(19)20)3-6(7)10-11(17)8(15)4-9(16)12(10)18/h1-4H,(H,19,20). The van der Waals surface area contributed by atoms with Gasteiger partial charge in [0.25, 0.3) is 0 Å². The number of carboxylic acids is 1. The first-order valence-electron chi connectivity index (χ1n) is 5.19. The van der Waals surface area contributed by atoms with E-state index in [0.717, 1.165) is 0 Å². The Labute approximate surface area is 139 Å². The topological polar surface area (TPSA) is 37.3 Å². The van der Waals surface area contributed by atoms with E-state index in [4.69, 9.17) is 63.1 Å². The minimum absolute atomic E-state index is 0.0487. The Morgan fingerprint density at radius 3 is 1.90 bits per heavy atom. The highest BCUT2D eigenvalue weighted by atomic mass is 35.5. The van der Waals surface area contributed by atoms with Gasteiger partial charge in [-0.25, -0.2) is 4.79 Å². The molecular formula is C13H5Cl5O2. The van der Waals surface area contributed by atoms with Crippen molar-refractivity contribution < 1.29 is 9.90 Å². The molecule has 7 heteroatoms. The van der Waals surface area contributed by atoms with Crippen molar-refractivity contribution in [1.29, 1.82) is 0 Å². The summed E-state index contributed by atoms with van der Waals surface area (Å²) in [6.45, 7) is 0. The molecule has 0 saturated heterocycles. The molecule has 2 rings (SSSR count). The second kappa shape index (κ2) is 6.00. The molecule has 0 aliphatic heterocycles. The Morgan fingerprint density at radius 2 is 1.40 bits per heavy atom. The molecule has 2 aromatic rings. The van der Waals surface area contributed by atoms with Crippen molar-refractivity contribution in [3.63, 3.8) is 0 Å². The monoisotopic (exact) mass is 368 g/mol. The fourth-order valence-corrected chi connectivity index (χ4v) is 2.88. The zero-order chi connectivity index (χ0) is 15.0. The quantitative estimate of drug-likeness (QED) is 0.628. The maximum absolute atomic E-state index is 11.0. The summed E-state index contributed by atoms with van der Waals surface area (Å²) in [6.07, 6.45) is 0. The molecule has 0 amide bonds. The lowest BCUT2D eigenvalue weighted by Gasteiger charge is -2.12. The van der Waals surface area contributed by atoms with E-state index in [2.05, 4.69) is 0 Å². The average Bonchev–Trinajstić information content (AvgIpc) is 2.38. The van der Waals surface area contributed by atoms with E-state index in [-0.39, 0.29) is 30.7 Å². The number of carbonyl (C=O) groups is 1. The maximum Gasteiger partial charge on any atom is 0.335 e. The number of hydrogen-bond donors (Lipinski definition) is 1. The fraction of sp³-hybridized carbons (Fsp3) is 0. The van der Waals surface area contributed by atoms with Crippen LogP contribution in [-0.2, 0) is 0 Å². The smallest absolute Gasteiger partial charge is 0.335 e. The second-order valence-corrected chi connectivity index (χ2v) is 5.82. The highest BCUT2D eigenvalue weighted by molar-refractivity contribution is 6.50.